The van der Waals surface area contributed by atoms with Gasteiger partial charge in [-0.15, -0.1) is 0 Å². The average molecular weight is 366 g/mol. The van der Waals surface area contributed by atoms with E-state index < -0.39 is 0 Å². The maximum atomic E-state index is 12.8. The van der Waals surface area contributed by atoms with Gasteiger partial charge in [0.25, 0.3) is 5.91 Å². The molecule has 1 amide bonds. The molecule has 0 aliphatic carbocycles. The minimum atomic E-state index is 0.0122. The minimum Gasteiger partial charge on any atom is -0.335 e. The van der Waals surface area contributed by atoms with Crippen molar-refractivity contribution in [3.63, 3.8) is 0 Å². The van der Waals surface area contributed by atoms with Crippen molar-refractivity contribution in [3.05, 3.63) is 76.9 Å². The van der Waals surface area contributed by atoms with E-state index in [9.17, 15) is 4.79 Å². The molecule has 5 heteroatoms. The summed E-state index contributed by atoms with van der Waals surface area (Å²) in [4.78, 5) is 21.6. The first-order chi connectivity index (χ1) is 12.7. The van der Waals surface area contributed by atoms with E-state index in [1.807, 2.05) is 59.5 Å². The summed E-state index contributed by atoms with van der Waals surface area (Å²) in [6.45, 7) is 4.00. The summed E-state index contributed by atoms with van der Waals surface area (Å²) in [5.74, 6) is 0.0122. The fraction of sp³-hybridized carbons (Fsp3) is 0.238. The number of amides is 1. The van der Waals surface area contributed by atoms with Gasteiger partial charge in [-0.3, -0.25) is 9.69 Å². The Morgan fingerprint density at radius 1 is 0.962 bits per heavy atom. The zero-order valence-corrected chi connectivity index (χ0v) is 15.2. The molecular formula is C21H20ClN3O. The van der Waals surface area contributed by atoms with E-state index in [4.69, 9.17) is 11.6 Å². The van der Waals surface area contributed by atoms with Crippen LogP contribution < -0.4 is 0 Å². The lowest BCUT2D eigenvalue weighted by Gasteiger charge is -2.34. The molecule has 2 heterocycles. The Kier molecular flexibility index (Phi) is 4.87. The number of benzene rings is 2. The summed E-state index contributed by atoms with van der Waals surface area (Å²) in [7, 11) is 0. The summed E-state index contributed by atoms with van der Waals surface area (Å²) in [6, 6.07) is 19.6. The Morgan fingerprint density at radius 2 is 1.77 bits per heavy atom. The highest BCUT2D eigenvalue weighted by atomic mass is 35.5. The summed E-state index contributed by atoms with van der Waals surface area (Å²) in [5.41, 5.74) is 2.58. The minimum absolute atomic E-state index is 0.0122. The Hall–Kier alpha value is -2.43. The second kappa shape index (κ2) is 7.44. The van der Waals surface area contributed by atoms with Gasteiger partial charge in [0.1, 0.15) is 5.69 Å². The van der Waals surface area contributed by atoms with Gasteiger partial charge in [0.05, 0.1) is 5.52 Å². The lowest BCUT2D eigenvalue weighted by molar-refractivity contribution is 0.0623. The van der Waals surface area contributed by atoms with Gasteiger partial charge >= 0.3 is 0 Å². The van der Waals surface area contributed by atoms with Crippen molar-refractivity contribution in [2.24, 2.45) is 0 Å². The largest absolute Gasteiger partial charge is 0.335 e. The second-order valence-corrected chi connectivity index (χ2v) is 7.02. The fourth-order valence-electron chi connectivity index (χ4n) is 3.35. The molecule has 132 valence electrons. The van der Waals surface area contributed by atoms with Gasteiger partial charge in [0, 0.05) is 43.1 Å². The number of halogens is 1. The third kappa shape index (κ3) is 3.71. The van der Waals surface area contributed by atoms with Gasteiger partial charge in [-0.05, 0) is 29.8 Å². The van der Waals surface area contributed by atoms with Crippen LogP contribution in [0.5, 0.6) is 0 Å². The molecule has 1 saturated heterocycles. The number of piperazine rings is 1. The van der Waals surface area contributed by atoms with Crippen LogP contribution in [0.1, 0.15) is 16.1 Å². The van der Waals surface area contributed by atoms with E-state index in [2.05, 4.69) is 16.0 Å². The Bertz CT molecular complexity index is 935. The smallest absolute Gasteiger partial charge is 0.272 e. The topological polar surface area (TPSA) is 36.4 Å². The predicted octanol–water partition coefficient (Wildman–Crippen LogP) is 3.85. The highest BCUT2D eigenvalue weighted by Crippen LogP contribution is 2.16. The van der Waals surface area contributed by atoms with Crippen LogP contribution in [0.4, 0.5) is 0 Å². The zero-order valence-electron chi connectivity index (χ0n) is 14.4. The number of fused-ring (bicyclic) bond motifs is 1. The monoisotopic (exact) mass is 365 g/mol. The lowest BCUT2D eigenvalue weighted by Crippen LogP contribution is -2.48. The highest BCUT2D eigenvalue weighted by Gasteiger charge is 2.23. The second-order valence-electron chi connectivity index (χ2n) is 6.59. The molecule has 1 aliphatic rings. The molecule has 2 aromatic carbocycles. The fourth-order valence-corrected chi connectivity index (χ4v) is 3.56. The number of rotatable bonds is 3. The third-order valence-corrected chi connectivity index (χ3v) is 5.01. The molecular weight excluding hydrogens is 346 g/mol. The first-order valence-electron chi connectivity index (χ1n) is 8.81. The van der Waals surface area contributed by atoms with Crippen molar-refractivity contribution in [2.75, 3.05) is 26.2 Å². The number of hydrogen-bond acceptors (Lipinski definition) is 3. The van der Waals surface area contributed by atoms with Gasteiger partial charge in [-0.1, -0.05) is 48.0 Å². The normalized spacial score (nSPS) is 15.3. The van der Waals surface area contributed by atoms with Crippen LogP contribution in [0.2, 0.25) is 5.02 Å². The molecule has 0 unspecified atom stereocenters. The number of carbonyl (C=O) groups is 1. The van der Waals surface area contributed by atoms with Crippen molar-refractivity contribution >= 4 is 28.4 Å². The van der Waals surface area contributed by atoms with Crippen LogP contribution in [-0.4, -0.2) is 46.9 Å². The van der Waals surface area contributed by atoms with Crippen LogP contribution in [-0.2, 0) is 6.54 Å². The van der Waals surface area contributed by atoms with Crippen LogP contribution in [0.15, 0.2) is 60.7 Å². The molecule has 0 atom stereocenters. The molecule has 0 radical (unpaired) electrons. The number of carbonyl (C=O) groups excluding carboxylic acids is 1. The Balaban J connectivity index is 1.39. The van der Waals surface area contributed by atoms with Crippen LogP contribution in [0.3, 0.4) is 0 Å². The van der Waals surface area contributed by atoms with Crippen LogP contribution >= 0.6 is 11.6 Å². The summed E-state index contributed by atoms with van der Waals surface area (Å²) in [5, 5.41) is 1.81. The average Bonchev–Trinajstić information content (AvgIpc) is 2.68. The molecule has 4 rings (SSSR count). The van der Waals surface area contributed by atoms with Crippen LogP contribution in [0.25, 0.3) is 10.9 Å². The highest BCUT2D eigenvalue weighted by molar-refractivity contribution is 6.30. The number of aromatic nitrogens is 1. The molecule has 1 fully saturated rings. The molecule has 4 nitrogen and oxygen atoms in total. The third-order valence-electron chi connectivity index (χ3n) is 4.77. The molecule has 0 spiro atoms. The van der Waals surface area contributed by atoms with Crippen LogP contribution in [0, 0.1) is 0 Å². The van der Waals surface area contributed by atoms with E-state index in [0.717, 1.165) is 35.6 Å². The lowest BCUT2D eigenvalue weighted by atomic mass is 10.1. The van der Waals surface area contributed by atoms with E-state index in [1.165, 1.54) is 5.56 Å². The van der Waals surface area contributed by atoms with E-state index in [0.29, 0.717) is 18.8 Å². The van der Waals surface area contributed by atoms with Crippen molar-refractivity contribution in [3.8, 4) is 0 Å². The molecule has 1 aliphatic heterocycles. The summed E-state index contributed by atoms with van der Waals surface area (Å²) >= 11 is 6.06. The first-order valence-corrected chi connectivity index (χ1v) is 9.19. The maximum Gasteiger partial charge on any atom is 0.272 e. The Labute approximate surface area is 158 Å². The maximum absolute atomic E-state index is 12.8. The molecule has 0 saturated carbocycles. The summed E-state index contributed by atoms with van der Waals surface area (Å²) in [6.07, 6.45) is 0. The van der Waals surface area contributed by atoms with E-state index >= 15 is 0 Å². The van der Waals surface area contributed by atoms with Gasteiger partial charge in [0.2, 0.25) is 0 Å². The van der Waals surface area contributed by atoms with E-state index in [1.54, 1.807) is 0 Å². The Morgan fingerprint density at radius 3 is 2.58 bits per heavy atom. The SMILES string of the molecule is O=C(c1ccc2ccccc2n1)N1CCN(Cc2cccc(Cl)c2)CC1. The van der Waals surface area contributed by atoms with E-state index in [-0.39, 0.29) is 5.91 Å². The van der Waals surface area contributed by atoms with Crippen molar-refractivity contribution in [1.82, 2.24) is 14.8 Å². The van der Waals surface area contributed by atoms with Gasteiger partial charge in [-0.2, -0.15) is 0 Å². The van der Waals surface area contributed by atoms with Crippen molar-refractivity contribution in [1.29, 1.82) is 0 Å². The summed E-state index contributed by atoms with van der Waals surface area (Å²) < 4.78 is 0. The quantitative estimate of drug-likeness (QED) is 0.707. The molecule has 26 heavy (non-hydrogen) atoms. The first kappa shape index (κ1) is 17.0. The van der Waals surface area contributed by atoms with Crippen molar-refractivity contribution < 1.29 is 4.79 Å². The molecule has 1 aromatic heterocycles. The van der Waals surface area contributed by atoms with Gasteiger partial charge in [-0.25, -0.2) is 4.98 Å². The molecule has 3 aromatic rings. The molecule has 0 N–H and O–H groups in total. The number of nitrogens with zero attached hydrogens (tertiary/aromatic N) is 3. The standard InChI is InChI=1S/C21H20ClN3O/c22-18-6-3-4-16(14-18)15-24-10-12-25(13-11-24)21(26)20-9-8-17-5-1-2-7-19(17)23-20/h1-9,14H,10-13,15H2. The van der Waals surface area contributed by atoms with Crippen molar-refractivity contribution in [2.45, 2.75) is 6.54 Å². The number of pyridine rings is 1. The van der Waals surface area contributed by atoms with Gasteiger partial charge < -0.3 is 4.90 Å². The number of hydrogen-bond donors (Lipinski definition) is 0. The van der Waals surface area contributed by atoms with Gasteiger partial charge in [0.15, 0.2) is 0 Å². The molecule has 0 bridgehead atoms. The zero-order chi connectivity index (χ0) is 17.9. The predicted molar refractivity (Wildman–Crippen MR) is 104 cm³/mol. The number of para-hydroxylation sites is 1.